The summed E-state index contributed by atoms with van der Waals surface area (Å²) in [6.07, 6.45) is 2.01. The number of ether oxygens (including phenoxy) is 1. The molecule has 0 N–H and O–H groups in total. The second-order valence-corrected chi connectivity index (χ2v) is 3.25. The summed E-state index contributed by atoms with van der Waals surface area (Å²) in [5.41, 5.74) is 0.906. The van der Waals surface area contributed by atoms with Crippen LogP contribution in [0.2, 0.25) is 0 Å². The Bertz CT molecular complexity index is 503. The molecule has 0 saturated carbocycles. The van der Waals surface area contributed by atoms with E-state index in [2.05, 4.69) is 11.1 Å². The molecule has 0 aliphatic carbocycles. The third-order valence-electron chi connectivity index (χ3n) is 2.05. The molecule has 1 aromatic carbocycles. The van der Waals surface area contributed by atoms with E-state index in [0.29, 0.717) is 12.3 Å². The van der Waals surface area contributed by atoms with Gasteiger partial charge in [-0.15, -0.1) is 0 Å². The molecule has 0 amide bonds. The predicted molar refractivity (Wildman–Crippen MR) is 60.1 cm³/mol. The highest BCUT2D eigenvalue weighted by atomic mass is 16.5. The van der Waals surface area contributed by atoms with Crippen LogP contribution in [-0.4, -0.2) is 4.98 Å². The van der Waals surface area contributed by atoms with E-state index in [-0.39, 0.29) is 0 Å². The quantitative estimate of drug-likeness (QED) is 0.782. The van der Waals surface area contributed by atoms with Gasteiger partial charge in [0.05, 0.1) is 12.5 Å². The van der Waals surface area contributed by atoms with Crippen molar-refractivity contribution >= 4 is 0 Å². The van der Waals surface area contributed by atoms with Gasteiger partial charge < -0.3 is 4.74 Å². The molecule has 0 saturated heterocycles. The maximum atomic E-state index is 8.59. The van der Waals surface area contributed by atoms with Crippen molar-refractivity contribution in [3.63, 3.8) is 0 Å². The molecule has 16 heavy (non-hydrogen) atoms. The van der Waals surface area contributed by atoms with Crippen LogP contribution < -0.4 is 4.74 Å². The van der Waals surface area contributed by atoms with Gasteiger partial charge in [0.25, 0.3) is 0 Å². The van der Waals surface area contributed by atoms with Crippen LogP contribution in [0.3, 0.4) is 0 Å². The minimum absolute atomic E-state index is 0.369. The molecule has 0 radical (unpaired) electrons. The molecule has 1 aromatic heterocycles. The largest absolute Gasteiger partial charge is 0.439 e. The molecule has 0 fully saturated rings. The number of para-hydroxylation sites is 1. The van der Waals surface area contributed by atoms with Gasteiger partial charge in [0.2, 0.25) is 5.88 Å². The second-order valence-electron chi connectivity index (χ2n) is 3.25. The van der Waals surface area contributed by atoms with Crippen LogP contribution in [0.4, 0.5) is 0 Å². The summed E-state index contributed by atoms with van der Waals surface area (Å²) in [7, 11) is 0. The standard InChI is InChI=1S/C13H10N2O/c14-8-6-11-7-9-15-13(10-11)16-12-4-2-1-3-5-12/h1-5,7,9-10H,6H2. The summed E-state index contributed by atoms with van der Waals surface area (Å²) in [4.78, 5) is 4.09. The van der Waals surface area contributed by atoms with Crippen LogP contribution in [0.5, 0.6) is 11.6 Å². The highest BCUT2D eigenvalue weighted by Gasteiger charge is 1.99. The minimum atomic E-state index is 0.369. The lowest BCUT2D eigenvalue weighted by molar-refractivity contribution is 0.462. The third kappa shape index (κ3) is 2.58. The Balaban J connectivity index is 2.16. The summed E-state index contributed by atoms with van der Waals surface area (Å²) in [6, 6.07) is 15.1. The van der Waals surface area contributed by atoms with E-state index in [0.717, 1.165) is 11.3 Å². The second kappa shape index (κ2) is 4.94. The van der Waals surface area contributed by atoms with Crippen molar-refractivity contribution in [2.45, 2.75) is 6.42 Å². The lowest BCUT2D eigenvalue weighted by Crippen LogP contribution is -1.89. The highest BCUT2D eigenvalue weighted by Crippen LogP contribution is 2.19. The van der Waals surface area contributed by atoms with E-state index in [1.54, 1.807) is 18.3 Å². The van der Waals surface area contributed by atoms with Gasteiger partial charge in [0.15, 0.2) is 0 Å². The van der Waals surface area contributed by atoms with Gasteiger partial charge in [-0.05, 0) is 23.8 Å². The maximum absolute atomic E-state index is 8.59. The normalized spacial score (nSPS) is 9.44. The van der Waals surface area contributed by atoms with Crippen LogP contribution in [0.1, 0.15) is 5.56 Å². The number of hydrogen-bond acceptors (Lipinski definition) is 3. The zero-order chi connectivity index (χ0) is 11.2. The van der Waals surface area contributed by atoms with E-state index >= 15 is 0 Å². The van der Waals surface area contributed by atoms with E-state index in [1.165, 1.54) is 0 Å². The topological polar surface area (TPSA) is 45.9 Å². The fraction of sp³-hybridized carbons (Fsp3) is 0.0769. The Kier molecular flexibility index (Phi) is 3.15. The molecule has 0 bridgehead atoms. The van der Waals surface area contributed by atoms with Gasteiger partial charge in [-0.2, -0.15) is 5.26 Å². The Morgan fingerprint density at radius 2 is 2.00 bits per heavy atom. The van der Waals surface area contributed by atoms with Gasteiger partial charge in [0, 0.05) is 12.3 Å². The first-order valence-electron chi connectivity index (χ1n) is 4.93. The van der Waals surface area contributed by atoms with Crippen LogP contribution in [0.25, 0.3) is 0 Å². The minimum Gasteiger partial charge on any atom is -0.439 e. The van der Waals surface area contributed by atoms with Crippen molar-refractivity contribution in [3.8, 4) is 17.7 Å². The number of benzene rings is 1. The van der Waals surface area contributed by atoms with Crippen molar-refractivity contribution < 1.29 is 4.74 Å². The molecule has 78 valence electrons. The summed E-state index contributed by atoms with van der Waals surface area (Å²) in [6.45, 7) is 0. The number of rotatable bonds is 3. The highest BCUT2D eigenvalue weighted by molar-refractivity contribution is 5.29. The van der Waals surface area contributed by atoms with Gasteiger partial charge in [-0.1, -0.05) is 18.2 Å². The first-order chi connectivity index (χ1) is 7.88. The zero-order valence-corrected chi connectivity index (χ0v) is 8.63. The summed E-state index contributed by atoms with van der Waals surface area (Å²) >= 11 is 0. The van der Waals surface area contributed by atoms with Gasteiger partial charge in [0.1, 0.15) is 5.75 Å². The van der Waals surface area contributed by atoms with Crippen molar-refractivity contribution in [2.75, 3.05) is 0 Å². The molecule has 0 aliphatic rings. The van der Waals surface area contributed by atoms with Crippen molar-refractivity contribution in [3.05, 3.63) is 54.2 Å². The van der Waals surface area contributed by atoms with E-state index in [4.69, 9.17) is 10.00 Å². The molecular formula is C13H10N2O. The Labute approximate surface area is 93.9 Å². The smallest absolute Gasteiger partial charge is 0.219 e. The average molecular weight is 210 g/mol. The molecule has 2 rings (SSSR count). The van der Waals surface area contributed by atoms with Gasteiger partial charge >= 0.3 is 0 Å². The van der Waals surface area contributed by atoms with E-state index in [9.17, 15) is 0 Å². The summed E-state index contributed by atoms with van der Waals surface area (Å²) in [5, 5.41) is 8.59. The summed E-state index contributed by atoms with van der Waals surface area (Å²) < 4.78 is 5.54. The molecule has 0 atom stereocenters. The molecule has 0 spiro atoms. The Morgan fingerprint density at radius 1 is 1.19 bits per heavy atom. The fourth-order valence-corrected chi connectivity index (χ4v) is 1.32. The molecule has 3 heteroatoms. The first kappa shape index (κ1) is 10.2. The lowest BCUT2D eigenvalue weighted by atomic mass is 10.2. The SMILES string of the molecule is N#CCc1ccnc(Oc2ccccc2)c1. The van der Waals surface area contributed by atoms with Crippen LogP contribution in [0, 0.1) is 11.3 Å². The van der Waals surface area contributed by atoms with E-state index < -0.39 is 0 Å². The first-order valence-corrected chi connectivity index (χ1v) is 4.93. The summed E-state index contributed by atoms with van der Waals surface area (Å²) in [5.74, 6) is 1.25. The monoisotopic (exact) mass is 210 g/mol. The number of nitrogens with zero attached hydrogens (tertiary/aromatic N) is 2. The van der Waals surface area contributed by atoms with Crippen molar-refractivity contribution in [1.29, 1.82) is 5.26 Å². The molecule has 0 unspecified atom stereocenters. The van der Waals surface area contributed by atoms with Crippen molar-refractivity contribution in [1.82, 2.24) is 4.98 Å². The van der Waals surface area contributed by atoms with Gasteiger partial charge in [-0.3, -0.25) is 0 Å². The molecule has 1 heterocycles. The number of hydrogen-bond donors (Lipinski definition) is 0. The van der Waals surface area contributed by atoms with Crippen LogP contribution in [-0.2, 0) is 6.42 Å². The molecular weight excluding hydrogens is 200 g/mol. The average Bonchev–Trinajstić information content (AvgIpc) is 2.31. The third-order valence-corrected chi connectivity index (χ3v) is 2.05. The predicted octanol–water partition coefficient (Wildman–Crippen LogP) is 2.94. The van der Waals surface area contributed by atoms with E-state index in [1.807, 2.05) is 30.3 Å². The number of nitriles is 1. The molecule has 2 aromatic rings. The molecule has 3 nitrogen and oxygen atoms in total. The zero-order valence-electron chi connectivity index (χ0n) is 8.63. The fourth-order valence-electron chi connectivity index (χ4n) is 1.32. The van der Waals surface area contributed by atoms with Crippen molar-refractivity contribution in [2.24, 2.45) is 0 Å². The Hall–Kier alpha value is -2.34. The lowest BCUT2D eigenvalue weighted by Gasteiger charge is -2.04. The van der Waals surface area contributed by atoms with Crippen LogP contribution >= 0.6 is 0 Å². The Morgan fingerprint density at radius 3 is 2.75 bits per heavy atom. The van der Waals surface area contributed by atoms with Crippen LogP contribution in [0.15, 0.2) is 48.7 Å². The number of aromatic nitrogens is 1. The maximum Gasteiger partial charge on any atom is 0.219 e. The number of pyridine rings is 1. The van der Waals surface area contributed by atoms with Gasteiger partial charge in [-0.25, -0.2) is 4.98 Å². The molecule has 0 aliphatic heterocycles.